The largest absolute Gasteiger partial charge is 0.497 e. The Kier molecular flexibility index (Phi) is 10.7. The molecular formula is C19H33NO4. The van der Waals surface area contributed by atoms with Gasteiger partial charge in [-0.2, -0.15) is 0 Å². The number of nitrogens with zero attached hydrogens (tertiary/aromatic N) is 1. The third-order valence-electron chi connectivity index (χ3n) is 3.62. The van der Waals surface area contributed by atoms with Crippen molar-refractivity contribution in [2.24, 2.45) is 5.92 Å². The molecule has 1 aromatic rings. The summed E-state index contributed by atoms with van der Waals surface area (Å²) >= 11 is 0. The second kappa shape index (κ2) is 12.3. The van der Waals surface area contributed by atoms with Gasteiger partial charge in [0, 0.05) is 40.0 Å². The SMILES string of the molecule is COCCCN(Cc1ccc(OC)cc1)CC(O)COCC(C)C. The van der Waals surface area contributed by atoms with Crippen molar-refractivity contribution >= 4 is 0 Å². The van der Waals surface area contributed by atoms with Crippen molar-refractivity contribution in [3.63, 3.8) is 0 Å². The zero-order chi connectivity index (χ0) is 17.8. The molecule has 0 radical (unpaired) electrons. The lowest BCUT2D eigenvalue weighted by molar-refractivity contribution is 0.00580. The highest BCUT2D eigenvalue weighted by Gasteiger charge is 2.13. The maximum absolute atomic E-state index is 10.2. The molecule has 0 aromatic heterocycles. The molecule has 138 valence electrons. The van der Waals surface area contributed by atoms with Crippen LogP contribution in [-0.2, 0) is 16.0 Å². The van der Waals surface area contributed by atoms with Gasteiger partial charge in [-0.3, -0.25) is 4.90 Å². The van der Waals surface area contributed by atoms with Crippen molar-refractivity contribution in [3.8, 4) is 5.75 Å². The van der Waals surface area contributed by atoms with Gasteiger partial charge in [-0.15, -0.1) is 0 Å². The lowest BCUT2D eigenvalue weighted by Crippen LogP contribution is -2.35. The van der Waals surface area contributed by atoms with Crippen LogP contribution in [0.2, 0.25) is 0 Å². The summed E-state index contributed by atoms with van der Waals surface area (Å²) in [6.45, 7) is 8.24. The van der Waals surface area contributed by atoms with Crippen LogP contribution in [-0.4, -0.2) is 63.2 Å². The standard InChI is InChI=1S/C19H33NO4/c1-16(2)14-24-15-18(21)13-20(10-5-11-22-3)12-17-6-8-19(23-4)9-7-17/h6-9,16,18,21H,5,10-15H2,1-4H3. The van der Waals surface area contributed by atoms with Crippen molar-refractivity contribution in [2.45, 2.75) is 32.9 Å². The summed E-state index contributed by atoms with van der Waals surface area (Å²) in [5.41, 5.74) is 1.20. The Morgan fingerprint density at radius 2 is 1.79 bits per heavy atom. The van der Waals surface area contributed by atoms with Gasteiger partial charge in [0.2, 0.25) is 0 Å². The predicted octanol–water partition coefficient (Wildman–Crippen LogP) is 2.57. The summed E-state index contributed by atoms with van der Waals surface area (Å²) in [5.74, 6) is 1.33. The van der Waals surface area contributed by atoms with Crippen LogP contribution in [0.25, 0.3) is 0 Å². The third kappa shape index (κ3) is 9.23. The van der Waals surface area contributed by atoms with Crippen molar-refractivity contribution < 1.29 is 19.3 Å². The van der Waals surface area contributed by atoms with Crippen LogP contribution < -0.4 is 4.74 Å². The summed E-state index contributed by atoms with van der Waals surface area (Å²) in [5, 5.41) is 10.2. The van der Waals surface area contributed by atoms with E-state index < -0.39 is 6.10 Å². The first-order chi connectivity index (χ1) is 11.5. The highest BCUT2D eigenvalue weighted by atomic mass is 16.5. The molecule has 24 heavy (non-hydrogen) atoms. The molecular weight excluding hydrogens is 306 g/mol. The summed E-state index contributed by atoms with van der Waals surface area (Å²) in [6.07, 6.45) is 0.455. The van der Waals surface area contributed by atoms with Gasteiger partial charge in [0.15, 0.2) is 0 Å². The Balaban J connectivity index is 2.51. The quantitative estimate of drug-likeness (QED) is 0.560. The van der Waals surface area contributed by atoms with Gasteiger partial charge in [-0.25, -0.2) is 0 Å². The van der Waals surface area contributed by atoms with Crippen molar-refractivity contribution in [1.82, 2.24) is 4.90 Å². The summed E-state index contributed by atoms with van der Waals surface area (Å²) in [4.78, 5) is 2.24. The van der Waals surface area contributed by atoms with E-state index in [1.165, 1.54) is 5.56 Å². The molecule has 0 amide bonds. The Bertz CT molecular complexity index is 422. The number of aliphatic hydroxyl groups excluding tert-OH is 1. The highest BCUT2D eigenvalue weighted by molar-refractivity contribution is 5.27. The Morgan fingerprint density at radius 1 is 1.08 bits per heavy atom. The van der Waals surface area contributed by atoms with Crippen LogP contribution in [0, 0.1) is 5.92 Å². The molecule has 1 rings (SSSR count). The normalized spacial score (nSPS) is 12.8. The van der Waals surface area contributed by atoms with Gasteiger partial charge < -0.3 is 19.3 Å². The van der Waals surface area contributed by atoms with Crippen molar-refractivity contribution in [1.29, 1.82) is 0 Å². The minimum absolute atomic E-state index is 0.377. The van der Waals surface area contributed by atoms with E-state index in [2.05, 4.69) is 30.9 Å². The number of benzene rings is 1. The second-order valence-electron chi connectivity index (χ2n) is 6.51. The van der Waals surface area contributed by atoms with Gasteiger partial charge >= 0.3 is 0 Å². The third-order valence-corrected chi connectivity index (χ3v) is 3.62. The highest BCUT2D eigenvalue weighted by Crippen LogP contribution is 2.13. The average Bonchev–Trinajstić information content (AvgIpc) is 2.55. The van der Waals surface area contributed by atoms with Crippen LogP contribution in [0.15, 0.2) is 24.3 Å². The van der Waals surface area contributed by atoms with Crippen LogP contribution >= 0.6 is 0 Å². The number of hydrogen-bond donors (Lipinski definition) is 1. The Labute approximate surface area is 146 Å². The molecule has 5 heteroatoms. The van der Waals surface area contributed by atoms with Gasteiger partial charge in [-0.05, 0) is 30.0 Å². The fraction of sp³-hybridized carbons (Fsp3) is 0.684. The van der Waals surface area contributed by atoms with E-state index in [-0.39, 0.29) is 0 Å². The van der Waals surface area contributed by atoms with E-state index in [9.17, 15) is 5.11 Å². The van der Waals surface area contributed by atoms with Gasteiger partial charge in [0.25, 0.3) is 0 Å². The molecule has 1 N–H and O–H groups in total. The van der Waals surface area contributed by atoms with Crippen molar-refractivity contribution in [3.05, 3.63) is 29.8 Å². The number of rotatable bonds is 13. The number of methoxy groups -OCH3 is 2. The zero-order valence-corrected chi connectivity index (χ0v) is 15.5. The first-order valence-electron chi connectivity index (χ1n) is 8.65. The molecule has 1 unspecified atom stereocenters. The van der Waals surface area contributed by atoms with Crippen LogP contribution in [0.1, 0.15) is 25.8 Å². The molecule has 1 aromatic carbocycles. The van der Waals surface area contributed by atoms with Crippen LogP contribution in [0.4, 0.5) is 0 Å². The van der Waals surface area contributed by atoms with E-state index in [1.807, 2.05) is 12.1 Å². The maximum atomic E-state index is 10.2. The van der Waals surface area contributed by atoms with E-state index in [4.69, 9.17) is 14.2 Å². The Hall–Kier alpha value is -1.14. The van der Waals surface area contributed by atoms with Gasteiger partial charge in [0.05, 0.1) is 19.8 Å². The fourth-order valence-electron chi connectivity index (χ4n) is 2.45. The monoisotopic (exact) mass is 339 g/mol. The van der Waals surface area contributed by atoms with E-state index in [1.54, 1.807) is 14.2 Å². The summed E-state index contributed by atoms with van der Waals surface area (Å²) in [7, 11) is 3.38. The second-order valence-corrected chi connectivity index (χ2v) is 6.51. The van der Waals surface area contributed by atoms with Gasteiger partial charge in [0.1, 0.15) is 5.75 Å². The lowest BCUT2D eigenvalue weighted by atomic mass is 10.2. The van der Waals surface area contributed by atoms with E-state index in [0.717, 1.165) is 31.9 Å². The Morgan fingerprint density at radius 3 is 2.38 bits per heavy atom. The molecule has 5 nitrogen and oxygen atoms in total. The van der Waals surface area contributed by atoms with Gasteiger partial charge in [-0.1, -0.05) is 26.0 Å². The first kappa shape index (κ1) is 20.9. The van der Waals surface area contributed by atoms with Crippen LogP contribution in [0.3, 0.4) is 0 Å². The lowest BCUT2D eigenvalue weighted by Gasteiger charge is -2.25. The van der Waals surface area contributed by atoms with Crippen molar-refractivity contribution in [2.75, 3.05) is 47.1 Å². The molecule has 0 heterocycles. The molecule has 0 saturated heterocycles. The molecule has 0 aliphatic rings. The van der Waals surface area contributed by atoms with E-state index in [0.29, 0.717) is 25.7 Å². The maximum Gasteiger partial charge on any atom is 0.118 e. The number of ether oxygens (including phenoxy) is 3. The molecule has 0 bridgehead atoms. The minimum Gasteiger partial charge on any atom is -0.497 e. The molecule has 0 aliphatic heterocycles. The zero-order valence-electron chi connectivity index (χ0n) is 15.5. The number of aliphatic hydroxyl groups is 1. The molecule has 1 atom stereocenters. The minimum atomic E-state index is -0.482. The summed E-state index contributed by atoms with van der Waals surface area (Å²) < 4.78 is 15.9. The topological polar surface area (TPSA) is 51.2 Å². The molecule has 0 fully saturated rings. The van der Waals surface area contributed by atoms with E-state index >= 15 is 0 Å². The number of hydrogen-bond acceptors (Lipinski definition) is 5. The first-order valence-corrected chi connectivity index (χ1v) is 8.65. The molecule has 0 saturated carbocycles. The average molecular weight is 339 g/mol. The van der Waals surface area contributed by atoms with Crippen LogP contribution in [0.5, 0.6) is 5.75 Å². The molecule has 0 spiro atoms. The smallest absolute Gasteiger partial charge is 0.118 e. The molecule has 0 aliphatic carbocycles. The predicted molar refractivity (Wildman–Crippen MR) is 96.4 cm³/mol. The summed E-state index contributed by atoms with van der Waals surface area (Å²) in [6, 6.07) is 8.04. The fourth-order valence-corrected chi connectivity index (χ4v) is 2.45.